The number of nitrogens with zero attached hydrogens (tertiary/aromatic N) is 1. The summed E-state index contributed by atoms with van der Waals surface area (Å²) in [4.78, 5) is 12.9. The van der Waals surface area contributed by atoms with Crippen molar-refractivity contribution in [2.24, 2.45) is 5.10 Å². The van der Waals surface area contributed by atoms with Crippen LogP contribution in [0.15, 0.2) is 63.5 Å². The Morgan fingerprint density at radius 1 is 1.32 bits per heavy atom. The van der Waals surface area contributed by atoms with E-state index in [1.807, 2.05) is 25.1 Å². The van der Waals surface area contributed by atoms with Crippen LogP contribution in [0.2, 0.25) is 5.02 Å². The second-order valence-corrected chi connectivity index (χ2v) is 7.74. The molecule has 0 aliphatic heterocycles. The van der Waals surface area contributed by atoms with Gasteiger partial charge in [-0.05, 0) is 64.8 Å². The number of benzene rings is 2. The Bertz CT molecular complexity index is 844. The number of nitrogens with one attached hydrogen (secondary N) is 1. The first-order chi connectivity index (χ1) is 13.5. The monoisotopic (exact) mass is 482 g/mol. The fraction of sp³-hybridized carbons (Fsp3) is 0.200. The van der Waals surface area contributed by atoms with E-state index >= 15 is 0 Å². The van der Waals surface area contributed by atoms with Gasteiger partial charge in [0.2, 0.25) is 5.91 Å². The van der Waals surface area contributed by atoms with Gasteiger partial charge in [-0.2, -0.15) is 5.10 Å². The van der Waals surface area contributed by atoms with Crippen LogP contribution in [-0.4, -0.2) is 31.1 Å². The molecular weight excluding hydrogens is 464 g/mol. The zero-order valence-corrected chi connectivity index (χ0v) is 18.4. The molecule has 28 heavy (non-hydrogen) atoms. The summed E-state index contributed by atoms with van der Waals surface area (Å²) in [6.07, 6.45) is 3.21. The van der Waals surface area contributed by atoms with Crippen molar-refractivity contribution in [2.45, 2.75) is 11.8 Å². The van der Waals surface area contributed by atoms with Crippen LogP contribution < -0.4 is 14.9 Å². The van der Waals surface area contributed by atoms with E-state index in [0.29, 0.717) is 29.7 Å². The van der Waals surface area contributed by atoms with Gasteiger partial charge in [0.25, 0.3) is 0 Å². The van der Waals surface area contributed by atoms with Crippen molar-refractivity contribution in [1.82, 2.24) is 5.43 Å². The van der Waals surface area contributed by atoms with E-state index in [2.05, 4.69) is 33.0 Å². The van der Waals surface area contributed by atoms with Crippen molar-refractivity contribution < 1.29 is 14.3 Å². The Labute approximate surface area is 182 Å². The largest absolute Gasteiger partial charge is 0.490 e. The molecule has 2 rings (SSSR count). The van der Waals surface area contributed by atoms with Crippen molar-refractivity contribution in [1.29, 1.82) is 0 Å². The van der Waals surface area contributed by atoms with Gasteiger partial charge >= 0.3 is 0 Å². The molecule has 0 saturated heterocycles. The molecule has 0 spiro atoms. The summed E-state index contributed by atoms with van der Waals surface area (Å²) >= 11 is 10.7. The van der Waals surface area contributed by atoms with Crippen LogP contribution in [0.25, 0.3) is 0 Å². The molecule has 0 atom stereocenters. The maximum Gasteiger partial charge on any atom is 0.250 e. The minimum atomic E-state index is -0.203. The van der Waals surface area contributed by atoms with Gasteiger partial charge in [-0.3, -0.25) is 4.79 Å². The van der Waals surface area contributed by atoms with E-state index in [1.54, 1.807) is 30.5 Å². The van der Waals surface area contributed by atoms with Gasteiger partial charge in [-0.1, -0.05) is 24.3 Å². The number of hydrazone groups is 1. The maximum atomic E-state index is 11.9. The number of hydrogen-bond acceptors (Lipinski definition) is 5. The number of carbonyl (C=O) groups is 1. The first-order valence-electron chi connectivity index (χ1n) is 8.43. The highest BCUT2D eigenvalue weighted by molar-refractivity contribution is 9.10. The molecule has 5 nitrogen and oxygen atoms in total. The number of rotatable bonds is 10. The number of amides is 1. The van der Waals surface area contributed by atoms with Crippen LogP contribution in [-0.2, 0) is 4.79 Å². The standard InChI is InChI=1S/C20H20BrClN2O3S/c1-3-9-27-20-17(21)10-14(11-18(20)26-4-2)12-23-24-19(25)13-28-16-7-5-15(22)6-8-16/h3,5-8,10-12H,1,4,9,13H2,2H3,(H,24,25)/b23-12-. The second kappa shape index (κ2) is 11.8. The second-order valence-electron chi connectivity index (χ2n) is 5.40. The van der Waals surface area contributed by atoms with Crippen molar-refractivity contribution >= 4 is 51.4 Å². The fourth-order valence-electron chi connectivity index (χ4n) is 2.10. The van der Waals surface area contributed by atoms with E-state index in [4.69, 9.17) is 21.1 Å². The lowest BCUT2D eigenvalue weighted by molar-refractivity contribution is -0.118. The Hall–Kier alpha value is -1.96. The highest BCUT2D eigenvalue weighted by Gasteiger charge is 2.11. The number of ether oxygens (including phenoxy) is 2. The topological polar surface area (TPSA) is 59.9 Å². The number of carbonyl (C=O) groups excluding carboxylic acids is 1. The van der Waals surface area contributed by atoms with Crippen LogP contribution in [0.5, 0.6) is 11.5 Å². The number of hydrogen-bond donors (Lipinski definition) is 1. The third-order valence-electron chi connectivity index (χ3n) is 3.26. The van der Waals surface area contributed by atoms with Crippen LogP contribution in [0.3, 0.4) is 0 Å². The molecule has 0 bridgehead atoms. The van der Waals surface area contributed by atoms with E-state index < -0.39 is 0 Å². The average molecular weight is 484 g/mol. The van der Waals surface area contributed by atoms with Gasteiger partial charge in [0, 0.05) is 9.92 Å². The molecule has 0 heterocycles. The minimum absolute atomic E-state index is 0.203. The van der Waals surface area contributed by atoms with E-state index in [0.717, 1.165) is 14.9 Å². The maximum absolute atomic E-state index is 11.9. The molecule has 148 valence electrons. The van der Waals surface area contributed by atoms with Gasteiger partial charge in [-0.15, -0.1) is 11.8 Å². The molecule has 0 aliphatic rings. The molecule has 0 fully saturated rings. The van der Waals surface area contributed by atoms with Crippen molar-refractivity contribution in [2.75, 3.05) is 19.0 Å². The lowest BCUT2D eigenvalue weighted by Gasteiger charge is -2.13. The van der Waals surface area contributed by atoms with Crippen LogP contribution in [0.4, 0.5) is 0 Å². The predicted molar refractivity (Wildman–Crippen MR) is 119 cm³/mol. The average Bonchev–Trinajstić information content (AvgIpc) is 2.67. The quantitative estimate of drug-likeness (QED) is 0.215. The minimum Gasteiger partial charge on any atom is -0.490 e. The molecule has 1 N–H and O–H groups in total. The van der Waals surface area contributed by atoms with Gasteiger partial charge in [0.05, 0.1) is 23.0 Å². The van der Waals surface area contributed by atoms with Crippen LogP contribution in [0, 0.1) is 0 Å². The van der Waals surface area contributed by atoms with Crippen LogP contribution in [0.1, 0.15) is 12.5 Å². The highest BCUT2D eigenvalue weighted by Crippen LogP contribution is 2.36. The van der Waals surface area contributed by atoms with E-state index in [1.165, 1.54) is 11.8 Å². The van der Waals surface area contributed by atoms with Crippen LogP contribution >= 0.6 is 39.3 Å². The van der Waals surface area contributed by atoms with Gasteiger partial charge in [0.1, 0.15) is 6.61 Å². The van der Waals surface area contributed by atoms with Crippen molar-refractivity contribution in [3.63, 3.8) is 0 Å². The SMILES string of the molecule is C=CCOc1c(Br)cc(/C=N\NC(=O)CSc2ccc(Cl)cc2)cc1OCC. The van der Waals surface area contributed by atoms with Gasteiger partial charge in [-0.25, -0.2) is 5.43 Å². The first kappa shape index (κ1) is 22.3. The molecule has 0 aliphatic carbocycles. The smallest absolute Gasteiger partial charge is 0.250 e. The Morgan fingerprint density at radius 2 is 2.07 bits per heavy atom. The summed E-state index contributed by atoms with van der Waals surface area (Å²) < 4.78 is 12.0. The molecule has 0 aromatic heterocycles. The van der Waals surface area contributed by atoms with E-state index in [9.17, 15) is 4.79 Å². The predicted octanol–water partition coefficient (Wildman–Crippen LogP) is 5.31. The van der Waals surface area contributed by atoms with Gasteiger partial charge in [0.15, 0.2) is 11.5 Å². The third-order valence-corrected chi connectivity index (χ3v) is 5.12. The summed E-state index contributed by atoms with van der Waals surface area (Å²) in [6.45, 7) is 6.40. The fourth-order valence-corrected chi connectivity index (χ4v) is 3.49. The summed E-state index contributed by atoms with van der Waals surface area (Å²) in [5, 5.41) is 4.67. The zero-order chi connectivity index (χ0) is 20.4. The molecule has 2 aromatic rings. The van der Waals surface area contributed by atoms with Gasteiger partial charge < -0.3 is 9.47 Å². The highest BCUT2D eigenvalue weighted by atomic mass is 79.9. The molecule has 2 aromatic carbocycles. The summed E-state index contributed by atoms with van der Waals surface area (Å²) in [7, 11) is 0. The molecule has 0 radical (unpaired) electrons. The molecule has 8 heteroatoms. The molecule has 0 unspecified atom stereocenters. The Morgan fingerprint density at radius 3 is 2.75 bits per heavy atom. The molecule has 0 saturated carbocycles. The Kier molecular flexibility index (Phi) is 9.40. The summed E-state index contributed by atoms with van der Waals surface area (Å²) in [5.74, 6) is 1.24. The molecule has 1 amide bonds. The summed E-state index contributed by atoms with van der Waals surface area (Å²) in [5.41, 5.74) is 3.27. The van der Waals surface area contributed by atoms with Crippen molar-refractivity contribution in [3.05, 3.63) is 64.1 Å². The van der Waals surface area contributed by atoms with Crippen molar-refractivity contribution in [3.8, 4) is 11.5 Å². The number of thioether (sulfide) groups is 1. The number of halogens is 2. The lowest BCUT2D eigenvalue weighted by atomic mass is 10.2. The Balaban J connectivity index is 1.95. The lowest BCUT2D eigenvalue weighted by Crippen LogP contribution is -2.19. The van der Waals surface area contributed by atoms with E-state index in [-0.39, 0.29) is 11.7 Å². The molecular formula is C20H20BrClN2O3S. The first-order valence-corrected chi connectivity index (χ1v) is 10.6. The summed E-state index contributed by atoms with van der Waals surface area (Å²) in [6, 6.07) is 10.9. The third kappa shape index (κ3) is 7.22. The normalized spacial score (nSPS) is 10.7. The zero-order valence-electron chi connectivity index (χ0n) is 15.3.